The first kappa shape index (κ1) is 14.5. The number of furan rings is 1. The summed E-state index contributed by atoms with van der Waals surface area (Å²) in [6.45, 7) is 5.55. The quantitative estimate of drug-likeness (QED) is 0.939. The van der Waals surface area contributed by atoms with Crippen LogP contribution in [0.3, 0.4) is 0 Å². The van der Waals surface area contributed by atoms with E-state index in [1.54, 1.807) is 6.92 Å². The lowest BCUT2D eigenvalue weighted by atomic mass is 10.2. The van der Waals surface area contributed by atoms with Gasteiger partial charge in [-0.3, -0.25) is 4.21 Å². The van der Waals surface area contributed by atoms with Gasteiger partial charge in [0.1, 0.15) is 5.76 Å². The summed E-state index contributed by atoms with van der Waals surface area (Å²) in [6, 6.07) is 7.26. The van der Waals surface area contributed by atoms with E-state index in [2.05, 4.69) is 0 Å². The van der Waals surface area contributed by atoms with Crippen LogP contribution >= 0.6 is 0 Å². The van der Waals surface area contributed by atoms with Crippen molar-refractivity contribution >= 4 is 16.8 Å². The molecular formula is C15H16O4S. The van der Waals surface area contributed by atoms with Crippen molar-refractivity contribution in [1.29, 1.82) is 0 Å². The molecule has 1 aromatic carbocycles. The number of benzene rings is 1. The first-order valence-corrected chi connectivity index (χ1v) is 7.48. The molecule has 1 N–H and O–H groups in total. The zero-order chi connectivity index (χ0) is 14.9. The monoisotopic (exact) mass is 292 g/mol. The number of carboxylic acid groups (broad SMARTS) is 1. The van der Waals surface area contributed by atoms with Gasteiger partial charge in [0.2, 0.25) is 5.76 Å². The van der Waals surface area contributed by atoms with E-state index in [-0.39, 0.29) is 11.5 Å². The highest BCUT2D eigenvalue weighted by Gasteiger charge is 2.16. The Morgan fingerprint density at radius 2 is 1.95 bits per heavy atom. The molecule has 1 atom stereocenters. The molecule has 1 aromatic heterocycles. The summed E-state index contributed by atoms with van der Waals surface area (Å²) in [6.07, 6.45) is 0. The smallest absolute Gasteiger partial charge is 0.371 e. The predicted octanol–water partition coefficient (Wildman–Crippen LogP) is 3.21. The molecule has 5 heteroatoms. The Bertz CT molecular complexity index is 685. The van der Waals surface area contributed by atoms with Gasteiger partial charge in [0.15, 0.2) is 0 Å². The molecule has 0 saturated carbocycles. The van der Waals surface area contributed by atoms with Crippen molar-refractivity contribution in [1.82, 2.24) is 0 Å². The highest BCUT2D eigenvalue weighted by atomic mass is 32.2. The van der Waals surface area contributed by atoms with E-state index in [4.69, 9.17) is 9.52 Å². The fourth-order valence-corrected chi connectivity index (χ4v) is 3.41. The molecule has 0 bridgehead atoms. The minimum absolute atomic E-state index is 0.115. The van der Waals surface area contributed by atoms with Gasteiger partial charge in [0, 0.05) is 10.5 Å². The van der Waals surface area contributed by atoms with Crippen molar-refractivity contribution in [3.63, 3.8) is 0 Å². The summed E-state index contributed by atoms with van der Waals surface area (Å²) in [5.41, 5.74) is 2.68. The van der Waals surface area contributed by atoms with Crippen molar-refractivity contribution in [2.24, 2.45) is 0 Å². The minimum Gasteiger partial charge on any atom is -0.475 e. The Morgan fingerprint density at radius 1 is 1.25 bits per heavy atom. The maximum Gasteiger partial charge on any atom is 0.371 e. The highest BCUT2D eigenvalue weighted by molar-refractivity contribution is 7.84. The Hall–Kier alpha value is -1.88. The second-order valence-electron chi connectivity index (χ2n) is 4.76. The molecule has 106 valence electrons. The second kappa shape index (κ2) is 5.63. The van der Waals surface area contributed by atoms with Crippen LogP contribution in [0.15, 0.2) is 33.6 Å². The topological polar surface area (TPSA) is 67.5 Å². The summed E-state index contributed by atoms with van der Waals surface area (Å²) in [4.78, 5) is 11.6. The first-order chi connectivity index (χ1) is 9.38. The average molecular weight is 292 g/mol. The van der Waals surface area contributed by atoms with E-state index in [0.717, 1.165) is 16.0 Å². The summed E-state index contributed by atoms with van der Waals surface area (Å²) < 4.78 is 17.6. The van der Waals surface area contributed by atoms with Gasteiger partial charge in [-0.15, -0.1) is 0 Å². The average Bonchev–Trinajstić information content (AvgIpc) is 2.74. The lowest BCUT2D eigenvalue weighted by Gasteiger charge is -2.06. The van der Waals surface area contributed by atoms with Gasteiger partial charge in [0.05, 0.1) is 16.6 Å². The molecule has 0 spiro atoms. The fourth-order valence-electron chi connectivity index (χ4n) is 1.94. The van der Waals surface area contributed by atoms with E-state index in [0.29, 0.717) is 11.3 Å². The third-order valence-electron chi connectivity index (χ3n) is 3.11. The normalized spacial score (nSPS) is 12.3. The van der Waals surface area contributed by atoms with Crippen LogP contribution in [0.1, 0.15) is 33.0 Å². The maximum atomic E-state index is 12.4. The van der Waals surface area contributed by atoms with E-state index in [1.165, 1.54) is 6.07 Å². The van der Waals surface area contributed by atoms with Crippen LogP contribution in [-0.2, 0) is 16.6 Å². The molecule has 0 saturated heterocycles. The van der Waals surface area contributed by atoms with Crippen LogP contribution in [-0.4, -0.2) is 15.3 Å². The van der Waals surface area contributed by atoms with Gasteiger partial charge in [0.25, 0.3) is 0 Å². The zero-order valence-electron chi connectivity index (χ0n) is 11.6. The van der Waals surface area contributed by atoms with Crippen molar-refractivity contribution in [3.8, 4) is 0 Å². The predicted molar refractivity (Wildman–Crippen MR) is 76.4 cm³/mol. The van der Waals surface area contributed by atoms with Gasteiger partial charge >= 0.3 is 5.97 Å². The number of hydrogen-bond donors (Lipinski definition) is 1. The van der Waals surface area contributed by atoms with Crippen molar-refractivity contribution in [2.45, 2.75) is 31.4 Å². The molecule has 1 unspecified atom stereocenters. The summed E-state index contributed by atoms with van der Waals surface area (Å²) in [7, 11) is -1.22. The molecule has 0 aliphatic carbocycles. The van der Waals surface area contributed by atoms with Gasteiger partial charge in [-0.25, -0.2) is 4.79 Å². The SMILES string of the molecule is Cc1ccc(C)c(S(=O)Cc2cc(C(=O)O)oc2C)c1. The second-order valence-corrected chi connectivity index (χ2v) is 6.18. The lowest BCUT2D eigenvalue weighted by molar-refractivity contribution is 0.0661. The number of carboxylic acids is 1. The lowest BCUT2D eigenvalue weighted by Crippen LogP contribution is -2.00. The highest BCUT2D eigenvalue weighted by Crippen LogP contribution is 2.22. The van der Waals surface area contributed by atoms with Crippen LogP contribution in [0.4, 0.5) is 0 Å². The molecule has 1 heterocycles. The zero-order valence-corrected chi connectivity index (χ0v) is 12.4. The molecule has 2 rings (SSSR count). The Balaban J connectivity index is 2.28. The van der Waals surface area contributed by atoms with Gasteiger partial charge in [-0.05, 0) is 44.0 Å². The largest absolute Gasteiger partial charge is 0.475 e. The molecule has 0 fully saturated rings. The minimum atomic E-state index is -1.22. The fraction of sp³-hybridized carbons (Fsp3) is 0.267. The molecule has 0 radical (unpaired) electrons. The number of carbonyl (C=O) groups is 1. The van der Waals surface area contributed by atoms with E-state index >= 15 is 0 Å². The molecular weight excluding hydrogens is 276 g/mol. The molecule has 0 amide bonds. The number of hydrogen-bond acceptors (Lipinski definition) is 3. The summed E-state index contributed by atoms with van der Waals surface area (Å²) in [5.74, 6) is -0.471. The molecule has 4 nitrogen and oxygen atoms in total. The van der Waals surface area contributed by atoms with Crippen molar-refractivity contribution < 1.29 is 18.5 Å². The van der Waals surface area contributed by atoms with Crippen LogP contribution in [0.25, 0.3) is 0 Å². The molecule has 2 aromatic rings. The van der Waals surface area contributed by atoms with E-state index < -0.39 is 16.8 Å². The van der Waals surface area contributed by atoms with E-state index in [1.807, 2.05) is 32.0 Å². The van der Waals surface area contributed by atoms with Gasteiger partial charge in [-0.1, -0.05) is 12.1 Å². The Kier molecular flexibility index (Phi) is 4.09. The van der Waals surface area contributed by atoms with Crippen LogP contribution in [0.5, 0.6) is 0 Å². The standard InChI is InChI=1S/C15H16O4S/c1-9-4-5-10(2)14(6-9)20(18)8-12-7-13(15(16)17)19-11(12)3/h4-7H,8H2,1-3H3,(H,16,17). The van der Waals surface area contributed by atoms with Crippen molar-refractivity contribution in [3.05, 3.63) is 52.5 Å². The van der Waals surface area contributed by atoms with Crippen molar-refractivity contribution in [2.75, 3.05) is 0 Å². The van der Waals surface area contributed by atoms with Crippen LogP contribution in [0, 0.1) is 20.8 Å². The first-order valence-electron chi connectivity index (χ1n) is 6.16. The Labute approximate surface area is 119 Å². The number of rotatable bonds is 4. The van der Waals surface area contributed by atoms with Crippen LogP contribution < -0.4 is 0 Å². The maximum absolute atomic E-state index is 12.4. The Morgan fingerprint density at radius 3 is 2.55 bits per heavy atom. The third kappa shape index (κ3) is 2.99. The molecule has 20 heavy (non-hydrogen) atoms. The summed E-state index contributed by atoms with van der Waals surface area (Å²) in [5, 5.41) is 8.88. The van der Waals surface area contributed by atoms with E-state index in [9.17, 15) is 9.00 Å². The molecule has 0 aliphatic heterocycles. The van der Waals surface area contributed by atoms with Crippen LogP contribution in [0.2, 0.25) is 0 Å². The number of aryl methyl sites for hydroxylation is 3. The number of aromatic carboxylic acids is 1. The third-order valence-corrected chi connectivity index (χ3v) is 4.61. The van der Waals surface area contributed by atoms with Gasteiger partial charge < -0.3 is 9.52 Å². The van der Waals surface area contributed by atoms with Gasteiger partial charge in [-0.2, -0.15) is 0 Å². The summed E-state index contributed by atoms with van der Waals surface area (Å²) >= 11 is 0. The molecule has 0 aliphatic rings.